The van der Waals surface area contributed by atoms with Crippen LogP contribution in [0.1, 0.15) is 11.4 Å². The second-order valence-electron chi connectivity index (χ2n) is 6.80. The average molecular weight is 442 g/mol. The van der Waals surface area contributed by atoms with Crippen LogP contribution in [-0.2, 0) is 22.9 Å². The first-order valence-corrected chi connectivity index (χ1v) is 11.2. The van der Waals surface area contributed by atoms with Gasteiger partial charge in [0.05, 0.1) is 18.1 Å². The highest BCUT2D eigenvalue weighted by atomic mass is 35.5. The number of aryl methyl sites for hydroxylation is 2. The van der Waals surface area contributed by atoms with E-state index >= 15 is 0 Å². The Bertz CT molecular complexity index is 1270. The summed E-state index contributed by atoms with van der Waals surface area (Å²) in [5.74, 6) is 1.12. The molecule has 0 spiro atoms. The van der Waals surface area contributed by atoms with Gasteiger partial charge < -0.3 is 9.72 Å². The normalized spacial score (nSPS) is 11.5. The van der Waals surface area contributed by atoms with Crippen molar-refractivity contribution in [1.82, 2.24) is 9.97 Å². The molecule has 0 aliphatic heterocycles. The summed E-state index contributed by atoms with van der Waals surface area (Å²) in [6.45, 7) is 0. The quantitative estimate of drug-likeness (QED) is 0.431. The van der Waals surface area contributed by atoms with E-state index in [2.05, 4.69) is 14.7 Å². The summed E-state index contributed by atoms with van der Waals surface area (Å²) in [5.41, 5.74) is 3.40. The number of ether oxygens (including phenoxy) is 1. The van der Waals surface area contributed by atoms with Crippen molar-refractivity contribution < 1.29 is 13.2 Å². The van der Waals surface area contributed by atoms with Gasteiger partial charge in [-0.3, -0.25) is 4.72 Å². The van der Waals surface area contributed by atoms with Crippen LogP contribution >= 0.6 is 11.6 Å². The number of hydrogen-bond donors (Lipinski definition) is 2. The average Bonchev–Trinajstić information content (AvgIpc) is 3.15. The first-order valence-electron chi connectivity index (χ1n) is 9.33. The van der Waals surface area contributed by atoms with Crippen LogP contribution in [0, 0.1) is 0 Å². The summed E-state index contributed by atoms with van der Waals surface area (Å²) in [5, 5.41) is 0.316. The number of aromatic nitrogens is 2. The maximum Gasteiger partial charge on any atom is 0.265 e. The molecule has 0 aliphatic rings. The third-order valence-electron chi connectivity index (χ3n) is 4.68. The number of nitrogens with one attached hydrogen (secondary N) is 2. The largest absolute Gasteiger partial charge is 0.495 e. The molecule has 1 aromatic heterocycles. The van der Waals surface area contributed by atoms with Gasteiger partial charge in [-0.25, -0.2) is 13.4 Å². The number of methoxy groups -OCH3 is 1. The van der Waals surface area contributed by atoms with Crippen molar-refractivity contribution in [1.29, 1.82) is 0 Å². The molecular formula is C22H20ClN3O3S. The van der Waals surface area contributed by atoms with Crippen molar-refractivity contribution >= 4 is 38.3 Å². The molecule has 0 radical (unpaired) electrons. The van der Waals surface area contributed by atoms with Crippen molar-refractivity contribution in [2.45, 2.75) is 17.7 Å². The van der Waals surface area contributed by atoms with Gasteiger partial charge in [0.2, 0.25) is 0 Å². The first-order chi connectivity index (χ1) is 14.4. The maximum atomic E-state index is 12.9. The Morgan fingerprint density at radius 2 is 1.87 bits per heavy atom. The van der Waals surface area contributed by atoms with Gasteiger partial charge in [0, 0.05) is 17.1 Å². The van der Waals surface area contributed by atoms with Crippen molar-refractivity contribution in [2.24, 2.45) is 0 Å². The second kappa shape index (κ2) is 8.38. The van der Waals surface area contributed by atoms with Crippen molar-refractivity contribution in [3.8, 4) is 5.75 Å². The lowest BCUT2D eigenvalue weighted by Crippen LogP contribution is -2.14. The van der Waals surface area contributed by atoms with E-state index in [-0.39, 0.29) is 10.6 Å². The van der Waals surface area contributed by atoms with Crippen molar-refractivity contribution in [3.05, 3.63) is 83.1 Å². The molecule has 4 aromatic rings. The molecule has 0 unspecified atom stereocenters. The van der Waals surface area contributed by atoms with E-state index in [4.69, 9.17) is 16.3 Å². The Morgan fingerprint density at radius 1 is 1.03 bits per heavy atom. The Labute approximate surface area is 179 Å². The van der Waals surface area contributed by atoms with Crippen LogP contribution in [0.3, 0.4) is 0 Å². The third-order valence-corrected chi connectivity index (χ3v) is 6.32. The SMILES string of the molecule is COc1ccc(Cl)cc1S(=O)(=O)Nc1cccc(CCc2nc3ccccc3[nH]2)c1. The number of halogens is 1. The molecule has 4 rings (SSSR count). The number of para-hydroxylation sites is 2. The summed E-state index contributed by atoms with van der Waals surface area (Å²) in [6.07, 6.45) is 1.43. The number of hydrogen-bond acceptors (Lipinski definition) is 4. The predicted molar refractivity (Wildman–Crippen MR) is 119 cm³/mol. The Balaban J connectivity index is 1.51. The topological polar surface area (TPSA) is 84.1 Å². The van der Waals surface area contributed by atoms with Gasteiger partial charge in [0.15, 0.2) is 0 Å². The van der Waals surface area contributed by atoms with Crippen molar-refractivity contribution in [3.63, 3.8) is 0 Å². The van der Waals surface area contributed by atoms with E-state index < -0.39 is 10.0 Å². The number of aromatic amines is 1. The Morgan fingerprint density at radius 3 is 2.67 bits per heavy atom. The fourth-order valence-corrected chi connectivity index (χ4v) is 4.73. The van der Waals surface area contributed by atoms with Crippen LogP contribution in [0.15, 0.2) is 71.6 Å². The molecule has 6 nitrogen and oxygen atoms in total. The molecule has 8 heteroatoms. The number of fused-ring (bicyclic) bond motifs is 1. The molecule has 0 bridgehead atoms. The molecule has 0 amide bonds. The zero-order valence-corrected chi connectivity index (χ0v) is 17.8. The molecule has 0 atom stereocenters. The van der Waals surface area contributed by atoms with Crippen LogP contribution in [0.5, 0.6) is 5.75 Å². The van der Waals surface area contributed by atoms with E-state index in [0.29, 0.717) is 17.1 Å². The number of benzene rings is 3. The zero-order chi connectivity index (χ0) is 21.1. The van der Waals surface area contributed by atoms with E-state index in [1.165, 1.54) is 19.2 Å². The molecule has 0 saturated carbocycles. The number of H-pyrrole nitrogens is 1. The van der Waals surface area contributed by atoms with Crippen LogP contribution < -0.4 is 9.46 Å². The lowest BCUT2D eigenvalue weighted by atomic mass is 10.1. The van der Waals surface area contributed by atoms with Gasteiger partial charge in [-0.05, 0) is 54.4 Å². The number of imidazole rings is 1. The summed E-state index contributed by atoms with van der Waals surface area (Å²) in [4.78, 5) is 7.88. The van der Waals surface area contributed by atoms with E-state index in [9.17, 15) is 8.42 Å². The van der Waals surface area contributed by atoms with Gasteiger partial charge in [0.1, 0.15) is 16.5 Å². The zero-order valence-electron chi connectivity index (χ0n) is 16.2. The number of nitrogens with zero attached hydrogens (tertiary/aromatic N) is 1. The highest BCUT2D eigenvalue weighted by molar-refractivity contribution is 7.92. The smallest absolute Gasteiger partial charge is 0.265 e. The number of rotatable bonds is 7. The molecular weight excluding hydrogens is 422 g/mol. The monoisotopic (exact) mass is 441 g/mol. The Hall–Kier alpha value is -3.03. The fourth-order valence-electron chi connectivity index (χ4n) is 3.25. The summed E-state index contributed by atoms with van der Waals surface area (Å²) in [7, 11) is -2.44. The van der Waals surface area contributed by atoms with Crippen LogP contribution in [-0.4, -0.2) is 25.5 Å². The predicted octanol–water partition coefficient (Wildman–Crippen LogP) is 4.81. The third kappa shape index (κ3) is 4.42. The highest BCUT2D eigenvalue weighted by Gasteiger charge is 2.20. The molecule has 0 saturated heterocycles. The molecule has 0 fully saturated rings. The molecule has 154 valence electrons. The molecule has 0 aliphatic carbocycles. The standard InChI is InChI=1S/C22H20ClN3O3S/c1-29-20-11-10-16(23)14-21(20)30(27,28)26-17-6-4-5-15(13-17)9-12-22-24-18-7-2-3-8-19(18)25-22/h2-8,10-11,13-14,26H,9,12H2,1H3,(H,24,25). The molecule has 1 heterocycles. The van der Waals surface area contributed by atoms with Crippen LogP contribution in [0.4, 0.5) is 5.69 Å². The van der Waals surface area contributed by atoms with Gasteiger partial charge >= 0.3 is 0 Å². The number of anilines is 1. The lowest BCUT2D eigenvalue weighted by Gasteiger charge is -2.12. The van der Waals surface area contributed by atoms with E-state index in [1.807, 2.05) is 42.5 Å². The molecule has 2 N–H and O–H groups in total. The minimum atomic E-state index is -3.86. The summed E-state index contributed by atoms with van der Waals surface area (Å²) in [6, 6.07) is 19.7. The van der Waals surface area contributed by atoms with E-state index in [1.54, 1.807) is 12.1 Å². The van der Waals surface area contributed by atoms with Gasteiger partial charge in [0.25, 0.3) is 10.0 Å². The van der Waals surface area contributed by atoms with Gasteiger partial charge in [-0.1, -0.05) is 35.9 Å². The van der Waals surface area contributed by atoms with Crippen molar-refractivity contribution in [2.75, 3.05) is 11.8 Å². The molecule has 30 heavy (non-hydrogen) atoms. The molecule has 3 aromatic carbocycles. The highest BCUT2D eigenvalue weighted by Crippen LogP contribution is 2.29. The van der Waals surface area contributed by atoms with Crippen LogP contribution in [0.2, 0.25) is 5.02 Å². The minimum absolute atomic E-state index is 0.00909. The number of sulfonamides is 1. The minimum Gasteiger partial charge on any atom is -0.495 e. The first kappa shape index (κ1) is 20.3. The summed E-state index contributed by atoms with van der Waals surface area (Å²) >= 11 is 5.98. The van der Waals surface area contributed by atoms with E-state index in [0.717, 1.165) is 28.8 Å². The maximum absolute atomic E-state index is 12.9. The fraction of sp³-hybridized carbons (Fsp3) is 0.136. The lowest BCUT2D eigenvalue weighted by molar-refractivity contribution is 0.403. The van der Waals surface area contributed by atoms with Crippen LogP contribution in [0.25, 0.3) is 11.0 Å². The van der Waals surface area contributed by atoms with Gasteiger partial charge in [-0.2, -0.15) is 0 Å². The Kier molecular flexibility index (Phi) is 5.65. The summed E-state index contributed by atoms with van der Waals surface area (Å²) < 4.78 is 33.5. The second-order valence-corrected chi connectivity index (χ2v) is 8.89. The van der Waals surface area contributed by atoms with Gasteiger partial charge in [-0.15, -0.1) is 0 Å².